The van der Waals surface area contributed by atoms with Gasteiger partial charge in [0.1, 0.15) is 0 Å². The van der Waals surface area contributed by atoms with E-state index in [4.69, 9.17) is 0 Å². The van der Waals surface area contributed by atoms with Crippen molar-refractivity contribution in [3.8, 4) is 0 Å². The van der Waals surface area contributed by atoms with Gasteiger partial charge in [-0.25, -0.2) is 9.37 Å². The highest BCUT2D eigenvalue weighted by Crippen LogP contribution is 2.33. The summed E-state index contributed by atoms with van der Waals surface area (Å²) in [6, 6.07) is 1.41. The van der Waals surface area contributed by atoms with E-state index >= 15 is 0 Å². The predicted molar refractivity (Wildman–Crippen MR) is 81.0 cm³/mol. The summed E-state index contributed by atoms with van der Waals surface area (Å²) >= 11 is 0. The van der Waals surface area contributed by atoms with Crippen LogP contribution in [-0.2, 0) is 0 Å². The summed E-state index contributed by atoms with van der Waals surface area (Å²) in [5.74, 6) is -0.909. The van der Waals surface area contributed by atoms with Gasteiger partial charge in [0.15, 0.2) is 11.6 Å². The molecule has 5 nitrogen and oxygen atoms in total. The van der Waals surface area contributed by atoms with E-state index in [0.717, 1.165) is 12.8 Å². The standard InChI is InChI=1S/C15H23FN4O/c1-17-13-12(16)11(6-9-18-13)14(21)19-10-15(20(2)3)7-4-5-8-15/h6,9H,4-5,7-8,10H2,1-3H3,(H,17,18)(H,19,21). The number of anilines is 1. The Kier molecular flexibility index (Phi) is 4.77. The van der Waals surface area contributed by atoms with Gasteiger partial charge in [0, 0.05) is 25.3 Å². The molecule has 1 aliphatic carbocycles. The molecule has 0 unspecified atom stereocenters. The number of nitrogens with zero attached hydrogens (tertiary/aromatic N) is 2. The fourth-order valence-corrected chi connectivity index (χ4v) is 2.95. The van der Waals surface area contributed by atoms with E-state index in [1.54, 1.807) is 7.05 Å². The van der Waals surface area contributed by atoms with Crippen LogP contribution in [-0.4, -0.2) is 49.0 Å². The third-order valence-electron chi connectivity index (χ3n) is 4.43. The minimum atomic E-state index is -0.608. The Morgan fingerprint density at radius 3 is 2.67 bits per heavy atom. The van der Waals surface area contributed by atoms with Gasteiger partial charge in [-0.05, 0) is 33.0 Å². The van der Waals surface area contributed by atoms with Crippen molar-refractivity contribution in [2.75, 3.05) is 33.0 Å². The van der Waals surface area contributed by atoms with Crippen LogP contribution in [0.15, 0.2) is 12.3 Å². The fraction of sp³-hybridized carbons (Fsp3) is 0.600. The van der Waals surface area contributed by atoms with Crippen LogP contribution in [0.25, 0.3) is 0 Å². The third-order valence-corrected chi connectivity index (χ3v) is 4.43. The Balaban J connectivity index is 2.08. The molecule has 0 saturated heterocycles. The summed E-state index contributed by atoms with van der Waals surface area (Å²) in [6.45, 7) is 0.537. The molecule has 0 aromatic carbocycles. The molecular formula is C15H23FN4O. The lowest BCUT2D eigenvalue weighted by Gasteiger charge is -2.36. The lowest BCUT2D eigenvalue weighted by molar-refractivity contribution is 0.0896. The summed E-state index contributed by atoms with van der Waals surface area (Å²) in [5, 5.41) is 5.52. The van der Waals surface area contributed by atoms with Gasteiger partial charge >= 0.3 is 0 Å². The lowest BCUT2D eigenvalue weighted by Crippen LogP contribution is -2.50. The van der Waals surface area contributed by atoms with Gasteiger partial charge < -0.3 is 15.5 Å². The molecule has 0 radical (unpaired) electrons. The minimum absolute atomic E-state index is 0.00893. The second-order valence-electron chi connectivity index (χ2n) is 5.78. The number of carbonyl (C=O) groups is 1. The topological polar surface area (TPSA) is 57.3 Å². The van der Waals surface area contributed by atoms with Crippen molar-refractivity contribution in [3.05, 3.63) is 23.6 Å². The number of likely N-dealkylation sites (N-methyl/N-ethyl adjacent to an activating group) is 1. The summed E-state index contributed by atoms with van der Waals surface area (Å²) < 4.78 is 14.1. The zero-order chi connectivity index (χ0) is 15.5. The van der Waals surface area contributed by atoms with Gasteiger partial charge in [-0.3, -0.25) is 4.79 Å². The molecule has 2 N–H and O–H groups in total. The fourth-order valence-electron chi connectivity index (χ4n) is 2.95. The summed E-state index contributed by atoms with van der Waals surface area (Å²) in [6.07, 6.45) is 5.88. The highest BCUT2D eigenvalue weighted by molar-refractivity contribution is 5.95. The van der Waals surface area contributed by atoms with E-state index < -0.39 is 5.82 Å². The second-order valence-corrected chi connectivity index (χ2v) is 5.78. The average molecular weight is 294 g/mol. The van der Waals surface area contributed by atoms with Crippen molar-refractivity contribution < 1.29 is 9.18 Å². The largest absolute Gasteiger partial charge is 0.371 e. The maximum atomic E-state index is 14.1. The van der Waals surface area contributed by atoms with Crippen molar-refractivity contribution >= 4 is 11.7 Å². The van der Waals surface area contributed by atoms with Crippen LogP contribution >= 0.6 is 0 Å². The Labute approximate surface area is 124 Å². The highest BCUT2D eigenvalue weighted by Gasteiger charge is 2.36. The molecule has 1 saturated carbocycles. The van der Waals surface area contributed by atoms with Gasteiger partial charge in [-0.2, -0.15) is 0 Å². The van der Waals surface area contributed by atoms with Crippen LogP contribution < -0.4 is 10.6 Å². The van der Waals surface area contributed by atoms with Crippen molar-refractivity contribution in [2.24, 2.45) is 0 Å². The van der Waals surface area contributed by atoms with Crippen LogP contribution in [0.5, 0.6) is 0 Å². The predicted octanol–water partition coefficient (Wildman–Crippen LogP) is 1.87. The number of halogens is 1. The Hall–Kier alpha value is -1.69. The maximum Gasteiger partial charge on any atom is 0.254 e. The summed E-state index contributed by atoms with van der Waals surface area (Å²) in [4.78, 5) is 18.2. The first-order chi connectivity index (χ1) is 10.00. The first kappa shape index (κ1) is 15.7. The first-order valence-corrected chi connectivity index (χ1v) is 7.28. The van der Waals surface area contributed by atoms with Crippen molar-refractivity contribution in [1.29, 1.82) is 0 Å². The number of amides is 1. The highest BCUT2D eigenvalue weighted by atomic mass is 19.1. The van der Waals surface area contributed by atoms with Gasteiger partial charge in [0.25, 0.3) is 5.91 Å². The minimum Gasteiger partial charge on any atom is -0.371 e. The Bertz CT molecular complexity index is 512. The van der Waals surface area contributed by atoms with Crippen molar-refractivity contribution in [3.63, 3.8) is 0 Å². The number of hydrogen-bond donors (Lipinski definition) is 2. The molecule has 0 spiro atoms. The van der Waals surface area contributed by atoms with Gasteiger partial charge in [0.2, 0.25) is 0 Å². The number of nitrogens with one attached hydrogen (secondary N) is 2. The Morgan fingerprint density at radius 2 is 2.10 bits per heavy atom. The van der Waals surface area contributed by atoms with E-state index in [-0.39, 0.29) is 22.8 Å². The smallest absolute Gasteiger partial charge is 0.254 e. The number of hydrogen-bond acceptors (Lipinski definition) is 4. The lowest BCUT2D eigenvalue weighted by atomic mass is 9.96. The third kappa shape index (κ3) is 3.15. The normalized spacial score (nSPS) is 17.0. The maximum absolute atomic E-state index is 14.1. The summed E-state index contributed by atoms with van der Waals surface area (Å²) in [7, 11) is 5.64. The molecule has 0 aliphatic heterocycles. The SMILES string of the molecule is CNc1nccc(C(=O)NCC2(N(C)C)CCCC2)c1F. The molecule has 1 amide bonds. The van der Waals surface area contributed by atoms with Gasteiger partial charge in [0.05, 0.1) is 5.56 Å². The average Bonchev–Trinajstić information content (AvgIpc) is 2.95. The molecule has 1 aromatic rings. The van der Waals surface area contributed by atoms with Gasteiger partial charge in [-0.1, -0.05) is 12.8 Å². The second kappa shape index (κ2) is 6.39. The summed E-state index contributed by atoms with van der Waals surface area (Å²) in [5.41, 5.74) is 0.0200. The van der Waals surface area contributed by atoms with Crippen molar-refractivity contribution in [1.82, 2.24) is 15.2 Å². The van der Waals surface area contributed by atoms with Crippen LogP contribution in [0, 0.1) is 5.82 Å². The van der Waals surface area contributed by atoms with Gasteiger partial charge in [-0.15, -0.1) is 0 Å². The van der Waals surface area contributed by atoms with Crippen molar-refractivity contribution in [2.45, 2.75) is 31.2 Å². The molecule has 0 bridgehead atoms. The monoisotopic (exact) mass is 294 g/mol. The van der Waals surface area contributed by atoms with Crippen LogP contribution in [0.4, 0.5) is 10.2 Å². The zero-order valence-electron chi connectivity index (χ0n) is 12.9. The first-order valence-electron chi connectivity index (χ1n) is 7.28. The van der Waals surface area contributed by atoms with E-state index in [2.05, 4.69) is 20.5 Å². The molecule has 1 aliphatic rings. The van der Waals surface area contributed by atoms with Crippen LogP contribution in [0.1, 0.15) is 36.0 Å². The zero-order valence-corrected chi connectivity index (χ0v) is 12.9. The van der Waals surface area contributed by atoms with E-state index in [9.17, 15) is 9.18 Å². The Morgan fingerprint density at radius 1 is 1.43 bits per heavy atom. The number of rotatable bonds is 5. The molecule has 1 fully saturated rings. The molecule has 1 aromatic heterocycles. The molecular weight excluding hydrogens is 271 g/mol. The van der Waals surface area contributed by atoms with Crippen LogP contribution in [0.3, 0.4) is 0 Å². The number of aromatic nitrogens is 1. The molecule has 0 atom stereocenters. The van der Waals surface area contributed by atoms with E-state index in [0.29, 0.717) is 6.54 Å². The molecule has 6 heteroatoms. The van der Waals surface area contributed by atoms with Crippen LogP contribution in [0.2, 0.25) is 0 Å². The molecule has 2 rings (SSSR count). The van der Waals surface area contributed by atoms with E-state index in [1.165, 1.54) is 25.1 Å². The quantitative estimate of drug-likeness (QED) is 0.870. The number of carbonyl (C=O) groups excluding carboxylic acids is 1. The van der Waals surface area contributed by atoms with E-state index in [1.807, 2.05) is 14.1 Å². The molecule has 116 valence electrons. The molecule has 1 heterocycles. The molecule has 21 heavy (non-hydrogen) atoms. The number of pyridine rings is 1.